The third-order valence-electron chi connectivity index (χ3n) is 3.97. The summed E-state index contributed by atoms with van der Waals surface area (Å²) in [6, 6.07) is 0.471. The van der Waals surface area contributed by atoms with Gasteiger partial charge in [-0.1, -0.05) is 40.5 Å². The van der Waals surface area contributed by atoms with Crippen molar-refractivity contribution in [3.05, 3.63) is 0 Å². The van der Waals surface area contributed by atoms with Crippen molar-refractivity contribution in [1.82, 2.24) is 5.32 Å². The number of hydrogen-bond acceptors (Lipinski definition) is 2. The van der Waals surface area contributed by atoms with Crippen LogP contribution in [0.5, 0.6) is 0 Å². The molecule has 0 radical (unpaired) electrons. The largest absolute Gasteiger partial charge is 0.377 e. The van der Waals surface area contributed by atoms with Crippen molar-refractivity contribution in [3.63, 3.8) is 0 Å². The summed E-state index contributed by atoms with van der Waals surface area (Å²) in [5.74, 6) is 0.774. The molecule has 104 valence electrons. The molecule has 3 unspecified atom stereocenters. The topological polar surface area (TPSA) is 21.3 Å². The molecule has 2 heteroatoms. The summed E-state index contributed by atoms with van der Waals surface area (Å²) in [4.78, 5) is 0. The Kier molecular flexibility index (Phi) is 8.89. The van der Waals surface area contributed by atoms with Crippen LogP contribution >= 0.6 is 0 Å². The predicted molar refractivity (Wildman–Crippen MR) is 76.5 cm³/mol. The van der Waals surface area contributed by atoms with Crippen LogP contribution in [0.4, 0.5) is 0 Å². The second kappa shape index (κ2) is 8.93. The maximum Gasteiger partial charge on any atom is 0.0800 e. The molecule has 0 aliphatic rings. The van der Waals surface area contributed by atoms with Crippen LogP contribution < -0.4 is 5.32 Å². The summed E-state index contributed by atoms with van der Waals surface area (Å²) >= 11 is 0. The van der Waals surface area contributed by atoms with Crippen LogP contribution in [0.25, 0.3) is 0 Å². The van der Waals surface area contributed by atoms with Crippen molar-refractivity contribution in [3.8, 4) is 0 Å². The molecule has 0 aliphatic heterocycles. The Hall–Kier alpha value is -0.0800. The molecule has 0 spiro atoms. The predicted octanol–water partition coefficient (Wildman–Crippen LogP) is 4.00. The zero-order valence-corrected chi connectivity index (χ0v) is 12.8. The highest BCUT2D eigenvalue weighted by Crippen LogP contribution is 2.26. The van der Waals surface area contributed by atoms with Gasteiger partial charge in [-0.25, -0.2) is 0 Å². The van der Waals surface area contributed by atoms with E-state index in [0.29, 0.717) is 6.04 Å². The van der Waals surface area contributed by atoms with Gasteiger partial charge in [-0.3, -0.25) is 0 Å². The molecule has 0 rings (SSSR count). The van der Waals surface area contributed by atoms with E-state index in [4.69, 9.17) is 4.74 Å². The molecule has 0 saturated heterocycles. The lowest BCUT2D eigenvalue weighted by Crippen LogP contribution is -2.50. The van der Waals surface area contributed by atoms with Gasteiger partial charge in [-0.2, -0.15) is 0 Å². The molecule has 2 nitrogen and oxygen atoms in total. The minimum Gasteiger partial charge on any atom is -0.377 e. The Morgan fingerprint density at radius 3 is 2.24 bits per heavy atom. The van der Waals surface area contributed by atoms with Gasteiger partial charge in [0.2, 0.25) is 0 Å². The summed E-state index contributed by atoms with van der Waals surface area (Å²) < 4.78 is 5.76. The van der Waals surface area contributed by atoms with E-state index in [1.165, 1.54) is 25.7 Å². The van der Waals surface area contributed by atoms with Crippen molar-refractivity contribution >= 4 is 0 Å². The first-order valence-corrected chi connectivity index (χ1v) is 7.32. The first kappa shape index (κ1) is 16.9. The second-order valence-electron chi connectivity index (χ2n) is 5.51. The normalized spacial score (nSPS) is 18.7. The molecule has 0 bridgehead atoms. The van der Waals surface area contributed by atoms with E-state index in [1.807, 2.05) is 7.11 Å². The molecule has 1 N–H and O–H groups in total. The summed E-state index contributed by atoms with van der Waals surface area (Å²) in [7, 11) is 1.84. The van der Waals surface area contributed by atoms with Crippen molar-refractivity contribution < 1.29 is 4.74 Å². The smallest absolute Gasteiger partial charge is 0.0800 e. The van der Waals surface area contributed by atoms with Crippen LogP contribution in [0.3, 0.4) is 0 Å². The van der Waals surface area contributed by atoms with Crippen LogP contribution in [-0.4, -0.2) is 25.3 Å². The monoisotopic (exact) mass is 243 g/mol. The highest BCUT2D eigenvalue weighted by atomic mass is 16.5. The van der Waals surface area contributed by atoms with Gasteiger partial charge < -0.3 is 10.1 Å². The van der Waals surface area contributed by atoms with E-state index in [1.54, 1.807) is 0 Å². The lowest BCUT2D eigenvalue weighted by atomic mass is 9.85. The average Bonchev–Trinajstić information content (AvgIpc) is 2.33. The Bertz CT molecular complexity index is 178. The fraction of sp³-hybridized carbons (Fsp3) is 1.00. The van der Waals surface area contributed by atoms with Crippen LogP contribution in [0.2, 0.25) is 0 Å². The van der Waals surface area contributed by atoms with E-state index in [-0.39, 0.29) is 5.60 Å². The molecule has 0 aromatic heterocycles. The molecule has 0 aliphatic carbocycles. The van der Waals surface area contributed by atoms with E-state index in [2.05, 4.69) is 39.9 Å². The highest BCUT2D eigenvalue weighted by Gasteiger charge is 2.32. The standard InChI is InChI=1S/C15H33NO/c1-7-10-13(4)12-14(16-11-8-2)15(5,9-3)17-6/h13-14,16H,7-12H2,1-6H3. The SMILES string of the molecule is CCCNC(CC(C)CCC)C(C)(CC)OC. The lowest BCUT2D eigenvalue weighted by Gasteiger charge is -2.38. The fourth-order valence-corrected chi connectivity index (χ4v) is 2.41. The average molecular weight is 243 g/mol. The number of methoxy groups -OCH3 is 1. The maximum absolute atomic E-state index is 5.76. The number of ether oxygens (including phenoxy) is 1. The third-order valence-corrected chi connectivity index (χ3v) is 3.97. The molecule has 0 heterocycles. The highest BCUT2D eigenvalue weighted by molar-refractivity contribution is 4.89. The van der Waals surface area contributed by atoms with Gasteiger partial charge in [0.15, 0.2) is 0 Å². The van der Waals surface area contributed by atoms with Crippen molar-refractivity contribution in [2.24, 2.45) is 5.92 Å². The van der Waals surface area contributed by atoms with Crippen LogP contribution in [0, 0.1) is 5.92 Å². The molecule has 0 aromatic carbocycles. The Balaban J connectivity index is 4.50. The number of nitrogens with one attached hydrogen (secondary N) is 1. The van der Waals surface area contributed by atoms with Gasteiger partial charge in [0.1, 0.15) is 0 Å². The Morgan fingerprint density at radius 2 is 1.82 bits per heavy atom. The van der Waals surface area contributed by atoms with E-state index in [0.717, 1.165) is 18.9 Å². The van der Waals surface area contributed by atoms with E-state index in [9.17, 15) is 0 Å². The minimum atomic E-state index is -0.0306. The third kappa shape index (κ3) is 5.87. The van der Waals surface area contributed by atoms with E-state index >= 15 is 0 Å². The minimum absolute atomic E-state index is 0.0306. The molecular formula is C15H33NO. The van der Waals surface area contributed by atoms with Gasteiger partial charge in [0.25, 0.3) is 0 Å². The molecule has 0 saturated carbocycles. The van der Waals surface area contributed by atoms with Gasteiger partial charge in [-0.05, 0) is 38.6 Å². The molecule has 0 amide bonds. The van der Waals surface area contributed by atoms with Gasteiger partial charge >= 0.3 is 0 Å². The molecule has 3 atom stereocenters. The quantitative estimate of drug-likeness (QED) is 0.626. The maximum atomic E-state index is 5.76. The Labute approximate surface area is 109 Å². The molecule has 0 aromatic rings. The van der Waals surface area contributed by atoms with Gasteiger partial charge in [0.05, 0.1) is 5.60 Å². The zero-order valence-electron chi connectivity index (χ0n) is 12.8. The van der Waals surface area contributed by atoms with Crippen LogP contribution in [-0.2, 0) is 4.74 Å². The summed E-state index contributed by atoms with van der Waals surface area (Å²) in [6.45, 7) is 12.4. The van der Waals surface area contributed by atoms with Crippen molar-refractivity contribution in [1.29, 1.82) is 0 Å². The molecular weight excluding hydrogens is 210 g/mol. The van der Waals surface area contributed by atoms with Gasteiger partial charge in [-0.15, -0.1) is 0 Å². The number of hydrogen-bond donors (Lipinski definition) is 1. The van der Waals surface area contributed by atoms with E-state index < -0.39 is 0 Å². The first-order chi connectivity index (χ1) is 8.03. The summed E-state index contributed by atoms with van der Waals surface area (Å²) in [5.41, 5.74) is -0.0306. The lowest BCUT2D eigenvalue weighted by molar-refractivity contribution is -0.0347. The summed E-state index contributed by atoms with van der Waals surface area (Å²) in [6.07, 6.45) is 6.04. The Morgan fingerprint density at radius 1 is 1.18 bits per heavy atom. The van der Waals surface area contributed by atoms with Crippen LogP contribution in [0.15, 0.2) is 0 Å². The van der Waals surface area contributed by atoms with Crippen molar-refractivity contribution in [2.75, 3.05) is 13.7 Å². The fourth-order valence-electron chi connectivity index (χ4n) is 2.41. The number of rotatable bonds is 10. The molecule has 0 fully saturated rings. The second-order valence-corrected chi connectivity index (χ2v) is 5.51. The van der Waals surface area contributed by atoms with Crippen molar-refractivity contribution in [2.45, 2.75) is 78.4 Å². The summed E-state index contributed by atoms with van der Waals surface area (Å²) in [5, 5.41) is 3.68. The van der Waals surface area contributed by atoms with Crippen LogP contribution in [0.1, 0.15) is 66.7 Å². The first-order valence-electron chi connectivity index (χ1n) is 7.32. The van der Waals surface area contributed by atoms with Gasteiger partial charge in [0, 0.05) is 13.2 Å². The zero-order chi connectivity index (χ0) is 13.3. The molecule has 17 heavy (non-hydrogen) atoms.